The highest BCUT2D eigenvalue weighted by atomic mass is 32.2. The molecule has 0 bridgehead atoms. The van der Waals surface area contributed by atoms with Gasteiger partial charge < -0.3 is 10.4 Å². The summed E-state index contributed by atoms with van der Waals surface area (Å²) in [6.45, 7) is 2.09. The number of thioether (sulfide) groups is 1. The van der Waals surface area contributed by atoms with E-state index in [4.69, 9.17) is 0 Å². The molecule has 3 rings (SSSR count). The summed E-state index contributed by atoms with van der Waals surface area (Å²) >= 11 is 1.54. The number of benzene rings is 1. The topological polar surface area (TPSA) is 52.6 Å². The Hall–Kier alpha value is -1.46. The number of likely N-dealkylation sites (tertiary alicyclic amines) is 1. The number of phenolic OH excluding ortho intramolecular Hbond substituents is 1. The lowest BCUT2D eigenvalue weighted by Crippen LogP contribution is -2.44. The summed E-state index contributed by atoms with van der Waals surface area (Å²) in [6.07, 6.45) is 5.44. The Morgan fingerprint density at radius 3 is 2.75 bits per heavy atom. The second-order valence-corrected chi connectivity index (χ2v) is 6.23. The molecule has 20 heavy (non-hydrogen) atoms. The Bertz CT molecular complexity index is 538. The van der Waals surface area contributed by atoms with E-state index >= 15 is 0 Å². The molecule has 0 aliphatic carbocycles. The van der Waals surface area contributed by atoms with Gasteiger partial charge in [-0.3, -0.25) is 9.69 Å². The molecule has 2 aliphatic heterocycles. The lowest BCUT2D eigenvalue weighted by atomic mass is 10.1. The van der Waals surface area contributed by atoms with Gasteiger partial charge in [0, 0.05) is 18.7 Å². The molecule has 1 atom stereocenters. The Morgan fingerprint density at radius 2 is 2.00 bits per heavy atom. The van der Waals surface area contributed by atoms with Crippen LogP contribution in [0.4, 0.5) is 0 Å². The van der Waals surface area contributed by atoms with Crippen LogP contribution in [0.15, 0.2) is 29.2 Å². The molecule has 1 aromatic rings. The molecular formula is C15H18N2O2S. The summed E-state index contributed by atoms with van der Waals surface area (Å²) in [5.74, 6) is 0.156. The molecule has 0 saturated carbocycles. The van der Waals surface area contributed by atoms with E-state index in [9.17, 15) is 9.90 Å². The van der Waals surface area contributed by atoms with E-state index in [1.807, 2.05) is 12.1 Å². The number of carbonyl (C=O) groups is 1. The van der Waals surface area contributed by atoms with Crippen LogP contribution in [-0.4, -0.2) is 34.5 Å². The normalized spacial score (nSPS) is 25.9. The van der Waals surface area contributed by atoms with Crippen LogP contribution >= 0.6 is 11.8 Å². The summed E-state index contributed by atoms with van der Waals surface area (Å²) in [6, 6.07) is 7.07. The number of rotatable bonds is 2. The fourth-order valence-electron chi connectivity index (χ4n) is 2.56. The Kier molecular flexibility index (Phi) is 3.98. The second kappa shape index (κ2) is 5.89. The molecule has 1 aromatic carbocycles. The molecule has 1 unspecified atom stereocenters. The Morgan fingerprint density at radius 1 is 1.25 bits per heavy atom. The molecule has 0 radical (unpaired) electrons. The third-order valence-corrected chi connectivity index (χ3v) is 4.86. The van der Waals surface area contributed by atoms with Crippen LogP contribution < -0.4 is 5.32 Å². The predicted molar refractivity (Wildman–Crippen MR) is 81.0 cm³/mol. The number of aromatic hydroxyl groups is 1. The number of amides is 1. The minimum atomic E-state index is -0.0474. The number of nitrogens with one attached hydrogen (secondary N) is 1. The van der Waals surface area contributed by atoms with Crippen LogP contribution in [-0.2, 0) is 4.79 Å². The Labute approximate surface area is 122 Å². The second-order valence-electron chi connectivity index (χ2n) is 5.11. The van der Waals surface area contributed by atoms with Gasteiger partial charge in [0.05, 0.1) is 4.91 Å². The van der Waals surface area contributed by atoms with Gasteiger partial charge in [-0.05, 0) is 25.0 Å². The molecule has 1 amide bonds. The molecule has 4 nitrogen and oxygen atoms in total. The fourth-order valence-corrected chi connectivity index (χ4v) is 3.68. The molecule has 2 saturated heterocycles. The standard InChI is InChI=1S/C15H18N2O2S/c18-12-7-3-2-6-11(12)10-13-14(19)16-15(20-13)17-8-4-1-5-9-17/h2-3,6-7,10,15,18H,1,4-5,8-9H2,(H,16,19)/b13-10-. The maximum Gasteiger partial charge on any atom is 0.259 e. The van der Waals surface area contributed by atoms with E-state index in [0.717, 1.165) is 13.1 Å². The lowest BCUT2D eigenvalue weighted by molar-refractivity contribution is -0.117. The highest BCUT2D eigenvalue weighted by Gasteiger charge is 2.32. The largest absolute Gasteiger partial charge is 0.507 e. The van der Waals surface area contributed by atoms with E-state index in [2.05, 4.69) is 10.2 Å². The van der Waals surface area contributed by atoms with Crippen molar-refractivity contribution in [2.24, 2.45) is 0 Å². The van der Waals surface area contributed by atoms with Crippen LogP contribution in [0.3, 0.4) is 0 Å². The minimum Gasteiger partial charge on any atom is -0.507 e. The van der Waals surface area contributed by atoms with Gasteiger partial charge in [-0.15, -0.1) is 0 Å². The van der Waals surface area contributed by atoms with Gasteiger partial charge in [-0.1, -0.05) is 36.4 Å². The van der Waals surface area contributed by atoms with Crippen molar-refractivity contribution in [3.8, 4) is 5.75 Å². The van der Waals surface area contributed by atoms with Gasteiger partial charge in [0.15, 0.2) is 0 Å². The van der Waals surface area contributed by atoms with Gasteiger partial charge in [0.2, 0.25) is 0 Å². The first-order valence-electron chi connectivity index (χ1n) is 6.95. The maximum absolute atomic E-state index is 12.0. The van der Waals surface area contributed by atoms with E-state index in [-0.39, 0.29) is 17.2 Å². The van der Waals surface area contributed by atoms with Crippen LogP contribution in [0.1, 0.15) is 24.8 Å². The first-order valence-corrected chi connectivity index (χ1v) is 7.83. The number of piperidine rings is 1. The highest BCUT2D eigenvalue weighted by molar-refractivity contribution is 8.05. The van der Waals surface area contributed by atoms with Crippen molar-refractivity contribution < 1.29 is 9.90 Å². The fraction of sp³-hybridized carbons (Fsp3) is 0.400. The van der Waals surface area contributed by atoms with Crippen molar-refractivity contribution in [3.63, 3.8) is 0 Å². The summed E-state index contributed by atoms with van der Waals surface area (Å²) in [4.78, 5) is 15.0. The van der Waals surface area contributed by atoms with E-state index in [0.29, 0.717) is 10.5 Å². The van der Waals surface area contributed by atoms with Crippen molar-refractivity contribution in [1.82, 2.24) is 10.2 Å². The van der Waals surface area contributed by atoms with E-state index in [1.54, 1.807) is 30.0 Å². The minimum absolute atomic E-state index is 0.0416. The highest BCUT2D eigenvalue weighted by Crippen LogP contribution is 2.33. The maximum atomic E-state index is 12.0. The summed E-state index contributed by atoms with van der Waals surface area (Å²) in [5, 5.41) is 12.8. The number of para-hydroxylation sites is 1. The quantitative estimate of drug-likeness (QED) is 0.821. The molecule has 2 aliphatic rings. The van der Waals surface area contributed by atoms with Gasteiger partial charge in [0.1, 0.15) is 11.2 Å². The smallest absolute Gasteiger partial charge is 0.259 e. The van der Waals surface area contributed by atoms with E-state index < -0.39 is 0 Å². The van der Waals surface area contributed by atoms with Crippen molar-refractivity contribution in [2.75, 3.05) is 13.1 Å². The van der Waals surface area contributed by atoms with Crippen molar-refractivity contribution in [2.45, 2.75) is 24.8 Å². The van der Waals surface area contributed by atoms with Crippen molar-refractivity contribution >= 4 is 23.7 Å². The van der Waals surface area contributed by atoms with Crippen molar-refractivity contribution in [1.29, 1.82) is 0 Å². The number of nitrogens with zero attached hydrogens (tertiary/aromatic N) is 1. The van der Waals surface area contributed by atoms with Crippen LogP contribution in [0.25, 0.3) is 6.08 Å². The van der Waals surface area contributed by atoms with Crippen molar-refractivity contribution in [3.05, 3.63) is 34.7 Å². The van der Waals surface area contributed by atoms with Gasteiger partial charge in [-0.25, -0.2) is 0 Å². The molecule has 0 spiro atoms. The molecule has 5 heteroatoms. The monoisotopic (exact) mass is 290 g/mol. The zero-order valence-electron chi connectivity index (χ0n) is 11.2. The van der Waals surface area contributed by atoms with Gasteiger partial charge in [-0.2, -0.15) is 0 Å². The third-order valence-electron chi connectivity index (χ3n) is 3.66. The SMILES string of the molecule is O=C1NC(N2CCCCC2)S/C1=C\c1ccccc1O. The predicted octanol–water partition coefficient (Wildman–Crippen LogP) is 2.37. The van der Waals surface area contributed by atoms with Crippen LogP contribution in [0, 0.1) is 0 Å². The molecule has 106 valence electrons. The zero-order chi connectivity index (χ0) is 13.9. The number of phenols is 1. The van der Waals surface area contributed by atoms with Crippen LogP contribution in [0.5, 0.6) is 5.75 Å². The van der Waals surface area contributed by atoms with Gasteiger partial charge in [0.25, 0.3) is 5.91 Å². The zero-order valence-corrected chi connectivity index (χ0v) is 12.0. The average Bonchev–Trinajstić information content (AvgIpc) is 2.84. The first kappa shape index (κ1) is 13.5. The van der Waals surface area contributed by atoms with E-state index in [1.165, 1.54) is 19.3 Å². The molecule has 2 N–H and O–H groups in total. The first-order chi connectivity index (χ1) is 9.74. The Balaban J connectivity index is 1.75. The average molecular weight is 290 g/mol. The lowest BCUT2D eigenvalue weighted by Gasteiger charge is -2.30. The molecule has 0 aromatic heterocycles. The summed E-state index contributed by atoms with van der Waals surface area (Å²) < 4.78 is 0. The van der Waals surface area contributed by atoms with Gasteiger partial charge >= 0.3 is 0 Å². The number of hydrogen-bond donors (Lipinski definition) is 2. The molecule has 2 fully saturated rings. The summed E-state index contributed by atoms with van der Waals surface area (Å²) in [5.41, 5.74) is 0.726. The number of hydrogen-bond acceptors (Lipinski definition) is 4. The third kappa shape index (κ3) is 2.83. The number of carbonyl (C=O) groups excluding carboxylic acids is 1. The molecule has 2 heterocycles. The molecular weight excluding hydrogens is 272 g/mol. The van der Waals surface area contributed by atoms with Crippen LogP contribution in [0.2, 0.25) is 0 Å². The summed E-state index contributed by atoms with van der Waals surface area (Å²) in [7, 11) is 0.